The summed E-state index contributed by atoms with van der Waals surface area (Å²) in [6.45, 7) is 5.51. The van der Waals surface area contributed by atoms with Gasteiger partial charge in [0.15, 0.2) is 0 Å². The van der Waals surface area contributed by atoms with Crippen LogP contribution in [0.1, 0.15) is 18.5 Å². The highest BCUT2D eigenvalue weighted by molar-refractivity contribution is 5.74. The van der Waals surface area contributed by atoms with E-state index in [4.69, 9.17) is 9.47 Å². The molecule has 2 atom stereocenters. The highest BCUT2D eigenvalue weighted by Gasteiger charge is 2.23. The number of ether oxygens (including phenoxy) is 2. The Labute approximate surface area is 142 Å². The summed E-state index contributed by atoms with van der Waals surface area (Å²) in [5.41, 5.74) is 0.849. The van der Waals surface area contributed by atoms with Crippen LogP contribution in [-0.4, -0.2) is 63.5 Å². The van der Waals surface area contributed by atoms with Gasteiger partial charge in [-0.1, -0.05) is 12.1 Å². The Hall–Kier alpha value is -1.70. The van der Waals surface area contributed by atoms with Crippen molar-refractivity contribution in [2.75, 3.05) is 46.6 Å². The number of carbonyl (C=O) groups is 1. The monoisotopic (exact) mass is 339 g/mol. The molecule has 24 heavy (non-hydrogen) atoms. The Kier molecular flexibility index (Phi) is 7.42. The lowest BCUT2D eigenvalue weighted by atomic mass is 10.0. The molecule has 0 radical (unpaired) electrons. The van der Waals surface area contributed by atoms with E-state index in [1.807, 2.05) is 13.0 Å². The van der Waals surface area contributed by atoms with Crippen LogP contribution in [0.4, 0.5) is 9.18 Å². The lowest BCUT2D eigenvalue weighted by Crippen LogP contribution is -2.47. The molecular formula is C17H26FN3O3. The van der Waals surface area contributed by atoms with E-state index in [1.165, 1.54) is 12.1 Å². The van der Waals surface area contributed by atoms with Crippen LogP contribution in [0.3, 0.4) is 0 Å². The highest BCUT2D eigenvalue weighted by atomic mass is 19.1. The summed E-state index contributed by atoms with van der Waals surface area (Å²) in [5, 5.41) is 5.69. The quantitative estimate of drug-likeness (QED) is 0.791. The zero-order valence-corrected chi connectivity index (χ0v) is 14.3. The van der Waals surface area contributed by atoms with Crippen molar-refractivity contribution in [1.29, 1.82) is 0 Å². The van der Waals surface area contributed by atoms with E-state index >= 15 is 0 Å². The normalized spacial score (nSPS) is 18.0. The number of urea groups is 1. The van der Waals surface area contributed by atoms with Crippen molar-refractivity contribution in [1.82, 2.24) is 15.5 Å². The number of methoxy groups -OCH3 is 1. The Balaban J connectivity index is 1.99. The third-order valence-corrected chi connectivity index (χ3v) is 3.97. The van der Waals surface area contributed by atoms with Gasteiger partial charge in [-0.3, -0.25) is 4.90 Å². The minimum Gasteiger partial charge on any atom is -0.383 e. The zero-order valence-electron chi connectivity index (χ0n) is 14.3. The summed E-state index contributed by atoms with van der Waals surface area (Å²) >= 11 is 0. The number of nitrogens with zero attached hydrogens (tertiary/aromatic N) is 1. The van der Waals surface area contributed by atoms with E-state index in [0.717, 1.165) is 18.7 Å². The maximum atomic E-state index is 13.6. The minimum atomic E-state index is -0.274. The van der Waals surface area contributed by atoms with Gasteiger partial charge in [-0.15, -0.1) is 0 Å². The summed E-state index contributed by atoms with van der Waals surface area (Å²) in [6.07, 6.45) is 0. The zero-order chi connectivity index (χ0) is 17.4. The smallest absolute Gasteiger partial charge is 0.315 e. The standard InChI is InChI=1S/C17H26FN3O3/c1-13(12-23-2)20-17(22)19-11-16(21-6-8-24-9-7-21)14-4-3-5-15(18)10-14/h3-5,10,13,16H,6-9,11-12H2,1-2H3,(H2,19,20,22)/t13-,16+/m0/s1. The Bertz CT molecular complexity index is 524. The summed E-state index contributed by atoms with van der Waals surface area (Å²) < 4.78 is 24.0. The molecule has 7 heteroatoms. The van der Waals surface area contributed by atoms with Crippen molar-refractivity contribution >= 4 is 6.03 Å². The van der Waals surface area contributed by atoms with Crippen LogP contribution in [0.15, 0.2) is 24.3 Å². The van der Waals surface area contributed by atoms with Crippen LogP contribution in [0.25, 0.3) is 0 Å². The first kappa shape index (κ1) is 18.6. The van der Waals surface area contributed by atoms with Gasteiger partial charge in [0, 0.05) is 26.7 Å². The van der Waals surface area contributed by atoms with Crippen molar-refractivity contribution < 1.29 is 18.7 Å². The molecule has 2 rings (SSSR count). The molecule has 6 nitrogen and oxygen atoms in total. The van der Waals surface area contributed by atoms with Crippen LogP contribution in [-0.2, 0) is 9.47 Å². The van der Waals surface area contributed by atoms with E-state index in [-0.39, 0.29) is 23.9 Å². The summed E-state index contributed by atoms with van der Waals surface area (Å²) in [4.78, 5) is 14.2. The fraction of sp³-hybridized carbons (Fsp3) is 0.588. The molecular weight excluding hydrogens is 313 g/mol. The Morgan fingerprint density at radius 3 is 2.83 bits per heavy atom. The molecule has 1 aromatic carbocycles. The Morgan fingerprint density at radius 1 is 1.42 bits per heavy atom. The summed E-state index contributed by atoms with van der Waals surface area (Å²) in [6, 6.07) is 6.10. The largest absolute Gasteiger partial charge is 0.383 e. The van der Waals surface area contributed by atoms with Crippen LogP contribution in [0, 0.1) is 5.82 Å². The van der Waals surface area contributed by atoms with Gasteiger partial charge in [-0.2, -0.15) is 0 Å². The van der Waals surface area contributed by atoms with Gasteiger partial charge in [0.2, 0.25) is 0 Å². The number of hydrogen-bond acceptors (Lipinski definition) is 4. The average molecular weight is 339 g/mol. The first-order valence-corrected chi connectivity index (χ1v) is 8.20. The molecule has 1 heterocycles. The van der Waals surface area contributed by atoms with Crippen LogP contribution < -0.4 is 10.6 Å². The highest BCUT2D eigenvalue weighted by Crippen LogP contribution is 2.22. The van der Waals surface area contributed by atoms with Crippen molar-refractivity contribution in [2.24, 2.45) is 0 Å². The molecule has 0 spiro atoms. The average Bonchev–Trinajstić information content (AvgIpc) is 2.56. The number of rotatable bonds is 7. The second-order valence-electron chi connectivity index (χ2n) is 5.93. The molecule has 0 aromatic heterocycles. The third-order valence-electron chi connectivity index (χ3n) is 3.97. The summed E-state index contributed by atoms with van der Waals surface area (Å²) in [7, 11) is 1.59. The van der Waals surface area contributed by atoms with Crippen LogP contribution >= 0.6 is 0 Å². The van der Waals surface area contributed by atoms with E-state index in [9.17, 15) is 9.18 Å². The maximum Gasteiger partial charge on any atom is 0.315 e. The number of halogens is 1. The van der Waals surface area contributed by atoms with Gasteiger partial charge in [0.05, 0.1) is 31.9 Å². The molecule has 1 aromatic rings. The Morgan fingerprint density at radius 2 is 2.17 bits per heavy atom. The fourth-order valence-electron chi connectivity index (χ4n) is 2.82. The lowest BCUT2D eigenvalue weighted by molar-refractivity contribution is 0.0166. The van der Waals surface area contributed by atoms with Gasteiger partial charge >= 0.3 is 6.03 Å². The predicted octanol–water partition coefficient (Wildman–Crippen LogP) is 1.53. The third kappa shape index (κ3) is 5.74. The second-order valence-corrected chi connectivity index (χ2v) is 5.93. The van der Waals surface area contributed by atoms with Crippen molar-refractivity contribution in [3.8, 4) is 0 Å². The molecule has 2 amide bonds. The minimum absolute atomic E-state index is 0.0778. The van der Waals surface area contributed by atoms with Crippen LogP contribution in [0.2, 0.25) is 0 Å². The van der Waals surface area contributed by atoms with E-state index in [0.29, 0.717) is 26.4 Å². The van der Waals surface area contributed by atoms with E-state index in [2.05, 4.69) is 15.5 Å². The van der Waals surface area contributed by atoms with Gasteiger partial charge < -0.3 is 20.1 Å². The molecule has 1 aliphatic rings. The molecule has 0 unspecified atom stereocenters. The first-order chi connectivity index (χ1) is 11.6. The molecule has 0 saturated carbocycles. The van der Waals surface area contributed by atoms with Gasteiger partial charge in [0.1, 0.15) is 5.82 Å². The van der Waals surface area contributed by atoms with Gasteiger partial charge in [-0.25, -0.2) is 9.18 Å². The van der Waals surface area contributed by atoms with Crippen molar-refractivity contribution in [3.63, 3.8) is 0 Å². The number of morpholine rings is 1. The first-order valence-electron chi connectivity index (χ1n) is 8.20. The maximum absolute atomic E-state index is 13.6. The number of amides is 2. The topological polar surface area (TPSA) is 62.8 Å². The number of hydrogen-bond donors (Lipinski definition) is 2. The molecule has 134 valence electrons. The van der Waals surface area contributed by atoms with Gasteiger partial charge in [0.25, 0.3) is 0 Å². The van der Waals surface area contributed by atoms with Crippen molar-refractivity contribution in [2.45, 2.75) is 19.0 Å². The number of carbonyl (C=O) groups excluding carboxylic acids is 1. The second kappa shape index (κ2) is 9.56. The molecule has 1 aliphatic heterocycles. The lowest BCUT2D eigenvalue weighted by Gasteiger charge is -2.35. The van der Waals surface area contributed by atoms with Gasteiger partial charge in [-0.05, 0) is 24.6 Å². The SMILES string of the molecule is COC[C@H](C)NC(=O)NC[C@H](c1cccc(F)c1)N1CCOCC1. The molecule has 1 saturated heterocycles. The predicted molar refractivity (Wildman–Crippen MR) is 89.4 cm³/mol. The number of benzene rings is 1. The van der Waals surface area contributed by atoms with Crippen molar-refractivity contribution in [3.05, 3.63) is 35.6 Å². The van der Waals surface area contributed by atoms with E-state index in [1.54, 1.807) is 13.2 Å². The number of nitrogens with one attached hydrogen (secondary N) is 2. The molecule has 1 fully saturated rings. The molecule has 0 bridgehead atoms. The van der Waals surface area contributed by atoms with Crippen LogP contribution in [0.5, 0.6) is 0 Å². The molecule has 0 aliphatic carbocycles. The van der Waals surface area contributed by atoms with E-state index < -0.39 is 0 Å². The molecule has 2 N–H and O–H groups in total. The fourth-order valence-corrected chi connectivity index (χ4v) is 2.82. The summed E-state index contributed by atoms with van der Waals surface area (Å²) in [5.74, 6) is -0.274.